The van der Waals surface area contributed by atoms with Crippen LogP contribution in [0.25, 0.3) is 11.8 Å². The number of esters is 1. The number of hydrogen-bond donors (Lipinski definition) is 1. The lowest BCUT2D eigenvalue weighted by Gasteiger charge is -2.25. The van der Waals surface area contributed by atoms with Crippen molar-refractivity contribution < 1.29 is 9.53 Å². The van der Waals surface area contributed by atoms with Crippen molar-refractivity contribution in [2.45, 2.75) is 59.8 Å². The third-order valence-corrected chi connectivity index (χ3v) is 7.44. The predicted molar refractivity (Wildman–Crippen MR) is 159 cm³/mol. The highest BCUT2D eigenvalue weighted by Crippen LogP contribution is 2.47. The van der Waals surface area contributed by atoms with Crippen LogP contribution in [0.5, 0.6) is 0 Å². The number of ether oxygens (including phenoxy) is 1. The van der Waals surface area contributed by atoms with Crippen molar-refractivity contribution in [3.8, 4) is 5.69 Å². The first kappa shape index (κ1) is 28.1. The van der Waals surface area contributed by atoms with Crippen LogP contribution < -0.4 is 15.4 Å². The number of unbranched alkanes of at least 4 members (excludes halogenated alkanes) is 1. The number of anilines is 2. The second-order valence-corrected chi connectivity index (χ2v) is 10.2. The van der Waals surface area contributed by atoms with Crippen molar-refractivity contribution in [3.05, 3.63) is 87.0 Å². The first-order valence-electron chi connectivity index (χ1n) is 14.0. The van der Waals surface area contributed by atoms with Crippen LogP contribution in [0.1, 0.15) is 75.9 Å². The maximum atomic E-state index is 13.8. The average molecular weight is 529 g/mol. The Labute approximate surface area is 231 Å². The Balaban J connectivity index is 1.84. The summed E-state index contributed by atoms with van der Waals surface area (Å²) in [6.45, 7) is 15.3. The third kappa shape index (κ3) is 5.32. The number of fused-ring (bicyclic) bond motifs is 1. The van der Waals surface area contributed by atoms with Crippen LogP contribution in [-0.4, -0.2) is 42.0 Å². The zero-order valence-corrected chi connectivity index (χ0v) is 24.0. The maximum Gasteiger partial charge on any atom is 0.338 e. The Morgan fingerprint density at radius 3 is 2.38 bits per heavy atom. The minimum atomic E-state index is -0.380. The lowest BCUT2D eigenvalue weighted by atomic mass is 9.84. The first-order valence-corrected chi connectivity index (χ1v) is 14.0. The first-order chi connectivity index (χ1) is 18.8. The Morgan fingerprint density at radius 1 is 1.05 bits per heavy atom. The molecule has 1 aromatic heterocycles. The molecular weight excluding hydrogens is 488 g/mol. The van der Waals surface area contributed by atoms with Crippen LogP contribution in [0.2, 0.25) is 0 Å². The van der Waals surface area contributed by atoms with Gasteiger partial charge in [-0.15, -0.1) is 0 Å². The number of nitrogens with one attached hydrogen (secondary N) is 1. The van der Waals surface area contributed by atoms with Crippen molar-refractivity contribution in [1.82, 2.24) is 9.78 Å². The topological polar surface area (TPSA) is 70.6 Å². The minimum absolute atomic E-state index is 0.165. The number of carbonyl (C=O) groups excluding carboxylic acids is 1. The van der Waals surface area contributed by atoms with Crippen molar-refractivity contribution in [1.29, 1.82) is 0 Å². The quantitative estimate of drug-likeness (QED) is 0.248. The molecule has 0 saturated carbocycles. The predicted octanol–water partition coefficient (Wildman–Crippen LogP) is 6.28. The molecule has 0 amide bonds. The van der Waals surface area contributed by atoms with E-state index in [2.05, 4.69) is 79.5 Å². The van der Waals surface area contributed by atoms with Gasteiger partial charge >= 0.3 is 5.97 Å². The van der Waals surface area contributed by atoms with E-state index >= 15 is 0 Å². The molecule has 39 heavy (non-hydrogen) atoms. The Hall–Kier alpha value is -3.96. The lowest BCUT2D eigenvalue weighted by Crippen LogP contribution is -2.26. The minimum Gasteiger partial charge on any atom is -0.462 e. The van der Waals surface area contributed by atoms with Crippen molar-refractivity contribution in [2.75, 3.05) is 36.0 Å². The molecule has 0 saturated heterocycles. The van der Waals surface area contributed by atoms with Crippen LogP contribution in [-0.2, 0) is 10.2 Å². The summed E-state index contributed by atoms with van der Waals surface area (Å²) in [5.74, 6) is 0.371. The Bertz CT molecular complexity index is 1430. The largest absolute Gasteiger partial charge is 0.462 e. The monoisotopic (exact) mass is 528 g/mol. The number of nitrogens with zero attached hydrogens (tertiary/aromatic N) is 3. The van der Waals surface area contributed by atoms with Gasteiger partial charge in [0.05, 0.1) is 29.1 Å². The molecule has 1 N–H and O–H groups in total. The molecule has 3 aromatic rings. The summed E-state index contributed by atoms with van der Waals surface area (Å²) >= 11 is 0. The summed E-state index contributed by atoms with van der Waals surface area (Å²) < 4.78 is 6.63. The number of aromatic nitrogens is 2. The molecule has 7 nitrogen and oxygen atoms in total. The third-order valence-electron chi connectivity index (χ3n) is 7.44. The molecule has 0 radical (unpaired) electrons. The summed E-state index contributed by atoms with van der Waals surface area (Å²) in [5, 5.41) is 3.32. The molecule has 4 rings (SSSR count). The van der Waals surface area contributed by atoms with E-state index < -0.39 is 0 Å². The van der Waals surface area contributed by atoms with Gasteiger partial charge in [0, 0.05) is 30.7 Å². The van der Waals surface area contributed by atoms with Crippen LogP contribution in [0.3, 0.4) is 0 Å². The maximum absolute atomic E-state index is 13.8. The summed E-state index contributed by atoms with van der Waals surface area (Å²) in [6, 6.07) is 15.4. The summed E-state index contributed by atoms with van der Waals surface area (Å²) in [4.78, 5) is 30.4. The summed E-state index contributed by atoms with van der Waals surface area (Å²) in [7, 11) is 0. The van der Waals surface area contributed by atoms with E-state index in [1.807, 2.05) is 6.08 Å². The van der Waals surface area contributed by atoms with Crippen LogP contribution in [0.15, 0.2) is 64.8 Å². The van der Waals surface area contributed by atoms with Gasteiger partial charge in [0.1, 0.15) is 5.82 Å². The molecule has 1 aliphatic rings. The molecule has 2 aromatic carbocycles. The standard InChI is InChI=1S/C32H40N4O3/c1-7-11-22-35-27-15-13-12-14-26(27)32(5,6)28(35)21-20-25-29(34(8-2)9-3)33-36(30(25)37)24-18-16-23(17-19-24)31(38)39-10-4/h12-20,33H,7-11,22H2,1-6H3. The molecule has 0 fully saturated rings. The van der Waals surface area contributed by atoms with E-state index in [4.69, 9.17) is 4.74 Å². The van der Waals surface area contributed by atoms with Crippen molar-refractivity contribution >= 4 is 23.6 Å². The van der Waals surface area contributed by atoms with E-state index in [-0.39, 0.29) is 16.9 Å². The summed E-state index contributed by atoms with van der Waals surface area (Å²) in [5.41, 5.74) is 8.37. The van der Waals surface area contributed by atoms with Crippen molar-refractivity contribution in [2.24, 2.45) is 0 Å². The zero-order chi connectivity index (χ0) is 28.2. The van der Waals surface area contributed by atoms with Gasteiger partial charge in [-0.3, -0.25) is 9.89 Å². The van der Waals surface area contributed by atoms with Crippen molar-refractivity contribution in [3.63, 3.8) is 0 Å². The van der Waals surface area contributed by atoms with Gasteiger partial charge in [-0.05, 0) is 83.0 Å². The fourth-order valence-electron chi connectivity index (χ4n) is 5.26. The van der Waals surface area contributed by atoms with E-state index in [0.717, 1.165) is 44.0 Å². The second-order valence-electron chi connectivity index (χ2n) is 10.2. The smallest absolute Gasteiger partial charge is 0.338 e. The highest BCUT2D eigenvalue weighted by Gasteiger charge is 2.39. The van der Waals surface area contributed by atoms with Gasteiger partial charge in [0.2, 0.25) is 0 Å². The van der Waals surface area contributed by atoms with E-state index in [0.29, 0.717) is 23.4 Å². The number of H-pyrrole nitrogens is 1. The SMILES string of the molecule is CCCCN1C(=C=Cc2c(N(CC)CC)[nH]n(-c3ccc(C(=O)OCC)cc3)c2=O)C(C)(C)c2ccccc21. The second kappa shape index (κ2) is 11.8. The molecular formula is C32H40N4O3. The van der Waals surface area contributed by atoms with E-state index in [9.17, 15) is 9.59 Å². The van der Waals surface area contributed by atoms with Gasteiger partial charge in [0.15, 0.2) is 0 Å². The summed E-state index contributed by atoms with van der Waals surface area (Å²) in [6.07, 6.45) is 4.01. The molecule has 206 valence electrons. The van der Waals surface area contributed by atoms with Gasteiger partial charge in [-0.25, -0.2) is 9.48 Å². The van der Waals surface area contributed by atoms with Gasteiger partial charge in [0.25, 0.3) is 5.56 Å². The molecule has 0 unspecified atom stereocenters. The fourth-order valence-corrected chi connectivity index (χ4v) is 5.26. The van der Waals surface area contributed by atoms with Gasteiger partial charge < -0.3 is 14.5 Å². The molecule has 0 atom stereocenters. The number of allylic oxidation sites excluding steroid dienone is 1. The van der Waals surface area contributed by atoms with E-state index in [1.54, 1.807) is 31.2 Å². The van der Waals surface area contributed by atoms with Crippen LogP contribution >= 0.6 is 0 Å². The number of aromatic amines is 1. The lowest BCUT2D eigenvalue weighted by molar-refractivity contribution is 0.0526. The Morgan fingerprint density at radius 2 is 1.74 bits per heavy atom. The molecule has 2 heterocycles. The van der Waals surface area contributed by atoms with Crippen LogP contribution in [0, 0.1) is 0 Å². The van der Waals surface area contributed by atoms with Gasteiger partial charge in [-0.2, -0.15) is 0 Å². The van der Waals surface area contributed by atoms with Crippen LogP contribution in [0.4, 0.5) is 11.5 Å². The molecule has 0 aliphatic carbocycles. The number of hydrogen-bond acceptors (Lipinski definition) is 5. The van der Waals surface area contributed by atoms with Gasteiger partial charge in [-0.1, -0.05) is 37.3 Å². The average Bonchev–Trinajstić information content (AvgIpc) is 3.37. The molecule has 7 heteroatoms. The molecule has 0 spiro atoms. The highest BCUT2D eigenvalue weighted by molar-refractivity contribution is 5.89. The normalized spacial score (nSPS) is 13.7. The number of rotatable bonds is 10. The number of carbonyl (C=O) groups is 1. The van der Waals surface area contributed by atoms with E-state index in [1.165, 1.54) is 15.9 Å². The zero-order valence-electron chi connectivity index (χ0n) is 24.0. The number of para-hydroxylation sites is 1. The molecule has 1 aliphatic heterocycles. The fraction of sp³-hybridized carbons (Fsp3) is 0.406. The number of benzene rings is 2. The highest BCUT2D eigenvalue weighted by atomic mass is 16.5. The molecule has 0 bridgehead atoms. The Kier molecular flexibility index (Phi) is 8.51.